The van der Waals surface area contributed by atoms with Crippen molar-refractivity contribution in [1.82, 2.24) is 10.3 Å². The minimum atomic E-state index is -5.83. The number of benzene rings is 2. The normalized spacial score (nSPS) is 15.8. The first kappa shape index (κ1) is 27.2. The van der Waals surface area contributed by atoms with Crippen molar-refractivity contribution in [3.8, 4) is 5.75 Å². The quantitative estimate of drug-likeness (QED) is 0.297. The largest absolute Gasteiger partial charge is 0.491 e. The Morgan fingerprint density at radius 3 is 2.53 bits per heavy atom. The summed E-state index contributed by atoms with van der Waals surface area (Å²) in [4.78, 5) is 17.1. The molecule has 12 heteroatoms. The molecule has 1 atom stereocenters. The molecule has 0 unspecified atom stereocenters. The van der Waals surface area contributed by atoms with E-state index in [1.807, 2.05) is 0 Å². The molecule has 4 rings (SSSR count). The minimum absolute atomic E-state index is 0.0422. The number of amides is 1. The molecule has 202 valence electrons. The fourth-order valence-electron chi connectivity index (χ4n) is 3.94. The number of rotatable bonds is 9. The molecule has 2 heterocycles. The molecule has 0 bridgehead atoms. The highest BCUT2D eigenvalue weighted by Gasteiger charge is 2.60. The van der Waals surface area contributed by atoms with E-state index >= 15 is 0 Å². The molecule has 3 aromatic rings. The number of ether oxygens (including phenoxy) is 1. The molecule has 2 aromatic carbocycles. The molecule has 0 aliphatic carbocycles. The van der Waals surface area contributed by atoms with Crippen LogP contribution in [-0.4, -0.2) is 36.3 Å². The second kappa shape index (κ2) is 11.3. The van der Waals surface area contributed by atoms with E-state index in [1.165, 1.54) is 30.5 Å². The molecule has 1 fully saturated rings. The molecular weight excluding hydrogens is 514 g/mol. The zero-order chi connectivity index (χ0) is 27.3. The van der Waals surface area contributed by atoms with Crippen molar-refractivity contribution in [3.63, 3.8) is 0 Å². The molecule has 38 heavy (non-hydrogen) atoms. The number of carbonyl (C=O) groups excluding carboxylic acids is 1. The summed E-state index contributed by atoms with van der Waals surface area (Å²) < 4.78 is 86.4. The van der Waals surface area contributed by atoms with Crippen molar-refractivity contribution in [2.24, 2.45) is 0 Å². The van der Waals surface area contributed by atoms with Gasteiger partial charge in [-0.25, -0.2) is 9.37 Å². The smallest absolute Gasteiger partial charge is 0.458 e. The third kappa shape index (κ3) is 6.36. The van der Waals surface area contributed by atoms with Gasteiger partial charge in [-0.2, -0.15) is 22.0 Å². The summed E-state index contributed by atoms with van der Waals surface area (Å²) in [6.07, 6.45) is -2.86. The topological polar surface area (TPSA) is 75.3 Å². The van der Waals surface area contributed by atoms with Crippen LogP contribution in [0.25, 0.3) is 0 Å². The molecule has 1 aromatic heterocycles. The molecule has 3 N–H and O–H groups in total. The lowest BCUT2D eigenvalue weighted by Gasteiger charge is -2.24. The van der Waals surface area contributed by atoms with Crippen LogP contribution in [0.2, 0.25) is 0 Å². The number of nitrogens with zero attached hydrogens (tertiary/aromatic N) is 1. The molecule has 1 amide bonds. The second-order valence-electron chi connectivity index (χ2n) is 8.72. The fraction of sp³-hybridized carbons (Fsp3) is 0.308. The van der Waals surface area contributed by atoms with E-state index in [-0.39, 0.29) is 36.3 Å². The van der Waals surface area contributed by atoms with Gasteiger partial charge in [-0.1, -0.05) is 12.1 Å². The molecular formula is C26H24F6N4O2. The van der Waals surface area contributed by atoms with E-state index in [0.29, 0.717) is 19.0 Å². The van der Waals surface area contributed by atoms with Gasteiger partial charge in [0.05, 0.1) is 11.1 Å². The van der Waals surface area contributed by atoms with Gasteiger partial charge in [0.2, 0.25) is 0 Å². The van der Waals surface area contributed by atoms with Crippen LogP contribution in [-0.2, 0) is 12.5 Å². The lowest BCUT2D eigenvalue weighted by Crippen LogP contribution is -2.35. The fourth-order valence-corrected chi connectivity index (χ4v) is 3.94. The summed E-state index contributed by atoms with van der Waals surface area (Å²) in [7, 11) is 0. The van der Waals surface area contributed by atoms with Gasteiger partial charge in [0.15, 0.2) is 0 Å². The second-order valence-corrected chi connectivity index (χ2v) is 8.72. The highest BCUT2D eigenvalue weighted by molar-refractivity contribution is 6.07. The SMILES string of the molecule is O=C(Nc1ccc(C(F)(F)C(F)(F)F)c(OC[C@H]2CCCN2)c1)c1cccnc1NCc1ccc(F)cc1. The van der Waals surface area contributed by atoms with Crippen molar-refractivity contribution >= 4 is 17.4 Å². The third-order valence-corrected chi connectivity index (χ3v) is 5.96. The third-order valence-electron chi connectivity index (χ3n) is 5.96. The molecule has 0 spiro atoms. The van der Waals surface area contributed by atoms with Crippen LogP contribution in [0.5, 0.6) is 5.75 Å². The number of anilines is 2. The molecule has 6 nitrogen and oxygen atoms in total. The summed E-state index contributed by atoms with van der Waals surface area (Å²) in [6, 6.07) is 11.0. The monoisotopic (exact) mass is 538 g/mol. The van der Waals surface area contributed by atoms with Gasteiger partial charge in [0, 0.05) is 30.5 Å². The Bertz CT molecular complexity index is 1260. The first-order chi connectivity index (χ1) is 18.0. The van der Waals surface area contributed by atoms with Gasteiger partial charge in [0.25, 0.3) is 5.91 Å². The average molecular weight is 538 g/mol. The van der Waals surface area contributed by atoms with E-state index < -0.39 is 35.1 Å². The van der Waals surface area contributed by atoms with E-state index in [4.69, 9.17) is 4.74 Å². The minimum Gasteiger partial charge on any atom is -0.491 e. The number of aromatic nitrogens is 1. The Balaban J connectivity index is 1.54. The first-order valence-electron chi connectivity index (χ1n) is 11.7. The predicted molar refractivity (Wildman–Crippen MR) is 129 cm³/mol. The van der Waals surface area contributed by atoms with E-state index in [2.05, 4.69) is 20.9 Å². The molecule has 1 aliphatic heterocycles. The Labute approximate surface area is 214 Å². The van der Waals surface area contributed by atoms with Crippen molar-refractivity contribution in [1.29, 1.82) is 0 Å². The number of nitrogens with one attached hydrogen (secondary N) is 3. The van der Waals surface area contributed by atoms with Gasteiger partial charge in [-0.15, -0.1) is 0 Å². The number of carbonyl (C=O) groups is 1. The summed E-state index contributed by atoms with van der Waals surface area (Å²) in [5, 5.41) is 8.55. The van der Waals surface area contributed by atoms with Crippen LogP contribution in [0.3, 0.4) is 0 Å². The zero-order valence-electron chi connectivity index (χ0n) is 19.9. The standard InChI is InChI=1S/C26H24F6N4O2/c27-17-7-5-16(6-8-17)14-35-23-20(4-2-12-34-23)24(37)36-18-9-10-21(25(28,29)26(30,31)32)22(13-18)38-15-19-3-1-11-33-19/h2,4-10,12-13,19,33H,1,3,11,14-15H2,(H,34,35)(H,36,37)/t19-/m1/s1. The highest BCUT2D eigenvalue weighted by atomic mass is 19.4. The summed E-state index contributed by atoms with van der Waals surface area (Å²) >= 11 is 0. The van der Waals surface area contributed by atoms with E-state index in [9.17, 15) is 31.1 Å². The average Bonchev–Trinajstić information content (AvgIpc) is 3.40. The van der Waals surface area contributed by atoms with Crippen molar-refractivity contribution < 1.29 is 35.9 Å². The zero-order valence-corrected chi connectivity index (χ0v) is 19.9. The van der Waals surface area contributed by atoms with Gasteiger partial charge in [-0.05, 0) is 61.3 Å². The Kier molecular flexibility index (Phi) is 8.10. The van der Waals surface area contributed by atoms with Crippen molar-refractivity contribution in [2.45, 2.75) is 37.5 Å². The lowest BCUT2D eigenvalue weighted by molar-refractivity contribution is -0.289. The predicted octanol–water partition coefficient (Wildman–Crippen LogP) is 5.87. The molecule has 1 saturated heterocycles. The summed E-state index contributed by atoms with van der Waals surface area (Å²) in [5.74, 6) is -6.72. The van der Waals surface area contributed by atoms with Gasteiger partial charge >= 0.3 is 12.1 Å². The van der Waals surface area contributed by atoms with E-state index in [1.54, 1.807) is 12.1 Å². The van der Waals surface area contributed by atoms with Crippen molar-refractivity contribution in [2.75, 3.05) is 23.8 Å². The van der Waals surface area contributed by atoms with Gasteiger partial charge in [-0.3, -0.25) is 4.79 Å². The van der Waals surface area contributed by atoms with Crippen LogP contribution in [0.4, 0.5) is 37.8 Å². The number of alkyl halides is 5. The number of pyridine rings is 1. The number of hydrogen-bond acceptors (Lipinski definition) is 5. The lowest BCUT2D eigenvalue weighted by atomic mass is 10.1. The Morgan fingerprint density at radius 1 is 1.08 bits per heavy atom. The van der Waals surface area contributed by atoms with Crippen LogP contribution in [0.1, 0.15) is 34.3 Å². The maximum Gasteiger partial charge on any atom is 0.458 e. The Hall–Kier alpha value is -3.80. The molecule has 0 radical (unpaired) electrons. The van der Waals surface area contributed by atoms with Gasteiger partial charge < -0.3 is 20.7 Å². The summed E-state index contributed by atoms with van der Waals surface area (Å²) in [5.41, 5.74) is -0.566. The van der Waals surface area contributed by atoms with Crippen LogP contribution in [0, 0.1) is 5.82 Å². The number of hydrogen-bond donors (Lipinski definition) is 3. The first-order valence-corrected chi connectivity index (χ1v) is 11.7. The van der Waals surface area contributed by atoms with E-state index in [0.717, 1.165) is 24.1 Å². The number of halogens is 6. The van der Waals surface area contributed by atoms with Crippen molar-refractivity contribution in [3.05, 3.63) is 83.3 Å². The summed E-state index contributed by atoms with van der Waals surface area (Å²) in [6.45, 7) is 0.808. The molecule has 0 saturated carbocycles. The Morgan fingerprint density at radius 2 is 1.84 bits per heavy atom. The maximum absolute atomic E-state index is 14.2. The van der Waals surface area contributed by atoms with Crippen LogP contribution < -0.4 is 20.7 Å². The van der Waals surface area contributed by atoms with Gasteiger partial charge in [0.1, 0.15) is 24.0 Å². The van der Waals surface area contributed by atoms with Crippen LogP contribution in [0.15, 0.2) is 60.8 Å². The molecule has 1 aliphatic rings. The maximum atomic E-state index is 14.2. The highest BCUT2D eigenvalue weighted by Crippen LogP contribution is 2.47. The van der Waals surface area contributed by atoms with Crippen LogP contribution >= 0.6 is 0 Å².